The molecule has 1 fully saturated rings. The molecule has 1 aliphatic rings. The Morgan fingerprint density at radius 3 is 2.45 bits per heavy atom. The van der Waals surface area contributed by atoms with Gasteiger partial charge in [-0.15, -0.1) is 0 Å². The topological polar surface area (TPSA) is 29.3 Å². The summed E-state index contributed by atoms with van der Waals surface area (Å²) in [5, 5.41) is 0. The molecule has 2 rings (SSSR count). The Labute approximate surface area is 122 Å². The first-order chi connectivity index (χ1) is 9.35. The van der Waals surface area contributed by atoms with E-state index in [2.05, 4.69) is 32.7 Å². The quantitative estimate of drug-likeness (QED) is 0.909. The van der Waals surface area contributed by atoms with Crippen LogP contribution in [0.15, 0.2) is 24.3 Å². The minimum absolute atomic E-state index is 0.0251. The molecule has 0 radical (unpaired) electrons. The van der Waals surface area contributed by atoms with Crippen LogP contribution >= 0.6 is 0 Å². The maximum Gasteiger partial charge on any atom is 0.127 e. The van der Waals surface area contributed by atoms with E-state index >= 15 is 0 Å². The average Bonchev–Trinajstić information content (AvgIpc) is 2.73. The summed E-state index contributed by atoms with van der Waals surface area (Å²) in [6.45, 7) is 7.27. The Hall–Kier alpha value is -0.930. The molecule has 112 valence electrons. The maximum atomic E-state index is 14.1. The number of likely N-dealkylation sites (N-methyl/N-ethyl adjacent to an activating group) is 1. The highest BCUT2D eigenvalue weighted by molar-refractivity contribution is 5.22. The van der Waals surface area contributed by atoms with Crippen LogP contribution in [0.2, 0.25) is 0 Å². The lowest BCUT2D eigenvalue weighted by molar-refractivity contribution is 0.00502. The van der Waals surface area contributed by atoms with Gasteiger partial charge in [-0.05, 0) is 38.3 Å². The first kappa shape index (κ1) is 15.5. The number of hydrogen-bond donors (Lipinski definition) is 1. The molecule has 0 heterocycles. The van der Waals surface area contributed by atoms with Gasteiger partial charge in [0.2, 0.25) is 0 Å². The van der Waals surface area contributed by atoms with Crippen molar-refractivity contribution in [2.24, 2.45) is 11.1 Å². The molecular formula is C17H27FN2. The van der Waals surface area contributed by atoms with Crippen LogP contribution in [0, 0.1) is 11.2 Å². The normalized spacial score (nSPS) is 26.9. The standard InChI is InChI=1S/C17H27FN2/c1-13(14-8-5-6-9-15(14)18)20(4)17(12-19)11-7-10-16(17,2)3/h5-6,8-9,13H,7,10-12,19H2,1-4H3. The minimum Gasteiger partial charge on any atom is -0.329 e. The lowest BCUT2D eigenvalue weighted by Crippen LogP contribution is -2.58. The largest absolute Gasteiger partial charge is 0.329 e. The van der Waals surface area contributed by atoms with E-state index in [-0.39, 0.29) is 22.8 Å². The maximum absolute atomic E-state index is 14.1. The minimum atomic E-state index is -0.130. The number of benzene rings is 1. The van der Waals surface area contributed by atoms with E-state index in [4.69, 9.17) is 5.73 Å². The van der Waals surface area contributed by atoms with Gasteiger partial charge in [-0.1, -0.05) is 38.5 Å². The van der Waals surface area contributed by atoms with Gasteiger partial charge in [-0.3, -0.25) is 4.90 Å². The molecule has 2 nitrogen and oxygen atoms in total. The molecule has 0 aliphatic heterocycles. The summed E-state index contributed by atoms with van der Waals surface area (Å²) in [5.74, 6) is -0.130. The fourth-order valence-corrected chi connectivity index (χ4v) is 3.96. The van der Waals surface area contributed by atoms with E-state index in [1.54, 1.807) is 6.07 Å². The molecule has 2 atom stereocenters. The van der Waals surface area contributed by atoms with Crippen molar-refractivity contribution >= 4 is 0 Å². The molecule has 0 bridgehead atoms. The van der Waals surface area contributed by atoms with Crippen molar-refractivity contribution in [1.29, 1.82) is 0 Å². The Balaban J connectivity index is 2.35. The molecule has 1 aromatic carbocycles. The van der Waals surface area contributed by atoms with Gasteiger partial charge in [0.15, 0.2) is 0 Å². The molecule has 1 aromatic rings. The molecule has 1 saturated carbocycles. The number of nitrogens with two attached hydrogens (primary N) is 1. The van der Waals surface area contributed by atoms with E-state index in [0.29, 0.717) is 6.54 Å². The lowest BCUT2D eigenvalue weighted by Gasteiger charge is -2.50. The average molecular weight is 278 g/mol. The summed E-state index contributed by atoms with van der Waals surface area (Å²) in [6, 6.07) is 7.08. The van der Waals surface area contributed by atoms with Gasteiger partial charge in [0.25, 0.3) is 0 Å². The van der Waals surface area contributed by atoms with Crippen molar-refractivity contribution in [2.75, 3.05) is 13.6 Å². The molecule has 0 aromatic heterocycles. The van der Waals surface area contributed by atoms with Crippen molar-refractivity contribution in [3.05, 3.63) is 35.6 Å². The van der Waals surface area contributed by atoms with Crippen molar-refractivity contribution in [3.63, 3.8) is 0 Å². The van der Waals surface area contributed by atoms with Crippen LogP contribution in [0.1, 0.15) is 51.6 Å². The Morgan fingerprint density at radius 1 is 1.30 bits per heavy atom. The van der Waals surface area contributed by atoms with Crippen molar-refractivity contribution in [2.45, 2.75) is 51.6 Å². The summed E-state index contributed by atoms with van der Waals surface area (Å²) < 4.78 is 14.1. The highest BCUT2D eigenvalue weighted by Gasteiger charge is 2.51. The number of nitrogens with zero attached hydrogens (tertiary/aromatic N) is 1. The third kappa shape index (κ3) is 2.27. The van der Waals surface area contributed by atoms with Crippen LogP contribution in [0.3, 0.4) is 0 Å². The molecule has 20 heavy (non-hydrogen) atoms. The van der Waals surface area contributed by atoms with Crippen LogP contribution in [0.4, 0.5) is 4.39 Å². The zero-order valence-electron chi connectivity index (χ0n) is 13.1. The summed E-state index contributed by atoms with van der Waals surface area (Å²) in [6.07, 6.45) is 3.46. The van der Waals surface area contributed by atoms with Gasteiger partial charge in [0, 0.05) is 23.7 Å². The fourth-order valence-electron chi connectivity index (χ4n) is 3.96. The van der Waals surface area contributed by atoms with Crippen molar-refractivity contribution < 1.29 is 4.39 Å². The van der Waals surface area contributed by atoms with Gasteiger partial charge in [-0.25, -0.2) is 4.39 Å². The third-order valence-corrected chi connectivity index (χ3v) is 5.60. The predicted octanol–water partition coefficient (Wildman–Crippen LogP) is 3.73. The first-order valence-electron chi connectivity index (χ1n) is 7.53. The summed E-state index contributed by atoms with van der Waals surface area (Å²) in [4.78, 5) is 2.30. The predicted molar refractivity (Wildman–Crippen MR) is 82.0 cm³/mol. The Morgan fingerprint density at radius 2 is 1.95 bits per heavy atom. The van der Waals surface area contributed by atoms with Gasteiger partial charge < -0.3 is 5.73 Å². The van der Waals surface area contributed by atoms with Gasteiger partial charge in [-0.2, -0.15) is 0 Å². The second-order valence-electron chi connectivity index (χ2n) is 6.78. The molecule has 2 N–H and O–H groups in total. The fraction of sp³-hybridized carbons (Fsp3) is 0.647. The number of hydrogen-bond acceptors (Lipinski definition) is 2. The highest BCUT2D eigenvalue weighted by Crippen LogP contribution is 2.50. The Bertz CT molecular complexity index is 472. The van der Waals surface area contributed by atoms with E-state index in [1.165, 1.54) is 18.9 Å². The van der Waals surface area contributed by atoms with Gasteiger partial charge >= 0.3 is 0 Å². The summed E-state index contributed by atoms with van der Waals surface area (Å²) >= 11 is 0. The SMILES string of the molecule is CC(c1ccccc1F)N(C)C1(CN)CCCC1(C)C. The van der Waals surface area contributed by atoms with Crippen molar-refractivity contribution in [1.82, 2.24) is 4.90 Å². The molecule has 1 aliphatic carbocycles. The van der Waals surface area contributed by atoms with Crippen LogP contribution in [-0.4, -0.2) is 24.0 Å². The first-order valence-corrected chi connectivity index (χ1v) is 7.53. The van der Waals surface area contributed by atoms with Crippen molar-refractivity contribution in [3.8, 4) is 0 Å². The lowest BCUT2D eigenvalue weighted by atomic mass is 9.73. The zero-order chi connectivity index (χ0) is 15.0. The van der Waals surface area contributed by atoms with Gasteiger partial charge in [0.1, 0.15) is 5.82 Å². The molecule has 0 amide bonds. The second kappa shape index (κ2) is 5.45. The molecule has 0 saturated heterocycles. The second-order valence-corrected chi connectivity index (χ2v) is 6.78. The van der Waals surface area contributed by atoms with E-state index < -0.39 is 0 Å². The molecule has 0 spiro atoms. The third-order valence-electron chi connectivity index (χ3n) is 5.60. The van der Waals surface area contributed by atoms with Crippen LogP contribution in [0.25, 0.3) is 0 Å². The van der Waals surface area contributed by atoms with Crippen LogP contribution in [-0.2, 0) is 0 Å². The summed E-state index contributed by atoms with van der Waals surface area (Å²) in [7, 11) is 2.09. The van der Waals surface area contributed by atoms with E-state index in [9.17, 15) is 4.39 Å². The Kier molecular flexibility index (Phi) is 4.22. The number of halogens is 1. The molecule has 2 unspecified atom stereocenters. The van der Waals surface area contributed by atoms with Crippen LogP contribution < -0.4 is 5.73 Å². The zero-order valence-corrected chi connectivity index (χ0v) is 13.1. The van der Waals surface area contributed by atoms with Gasteiger partial charge in [0.05, 0.1) is 0 Å². The smallest absolute Gasteiger partial charge is 0.127 e. The monoisotopic (exact) mass is 278 g/mol. The number of rotatable bonds is 4. The molecule has 3 heteroatoms. The van der Waals surface area contributed by atoms with E-state index in [1.807, 2.05) is 12.1 Å². The molecular weight excluding hydrogens is 251 g/mol. The summed E-state index contributed by atoms with van der Waals surface area (Å²) in [5.41, 5.74) is 7.03. The van der Waals surface area contributed by atoms with Crippen LogP contribution in [0.5, 0.6) is 0 Å². The highest BCUT2D eigenvalue weighted by atomic mass is 19.1. The van der Waals surface area contributed by atoms with E-state index in [0.717, 1.165) is 12.0 Å².